The molecule has 1 atom stereocenters. The van der Waals surface area contributed by atoms with E-state index in [9.17, 15) is 9.59 Å². The Kier molecular flexibility index (Phi) is 6.09. The number of hydrogen-bond acceptors (Lipinski definition) is 5. The molecule has 2 heterocycles. The molecule has 4 rings (SSSR count). The average molecular weight is 422 g/mol. The normalized spacial score (nSPS) is 14.5. The zero-order chi connectivity index (χ0) is 20.9. The number of benzene rings is 2. The van der Waals surface area contributed by atoms with E-state index in [1.165, 1.54) is 11.3 Å². The molecule has 1 aliphatic rings. The van der Waals surface area contributed by atoms with Crippen molar-refractivity contribution in [2.24, 2.45) is 4.99 Å². The number of carbonyl (C=O) groups excluding carboxylic acids is 1. The molecule has 0 saturated carbocycles. The monoisotopic (exact) mass is 421 g/mol. The molecule has 1 aliphatic heterocycles. The third-order valence-corrected chi connectivity index (χ3v) is 5.94. The molecule has 30 heavy (non-hydrogen) atoms. The molecule has 1 amide bonds. The van der Waals surface area contributed by atoms with E-state index in [2.05, 4.69) is 10.3 Å². The van der Waals surface area contributed by atoms with Crippen molar-refractivity contribution < 1.29 is 9.53 Å². The average Bonchev–Trinajstić information content (AvgIpc) is 3.09. The fraction of sp³-hybridized carbons (Fsp3) is 0.261. The van der Waals surface area contributed by atoms with Crippen molar-refractivity contribution in [3.63, 3.8) is 0 Å². The molecular formula is C23H23N3O3S. The molecule has 154 valence electrons. The number of ether oxygens (including phenoxy) is 1. The van der Waals surface area contributed by atoms with Crippen LogP contribution in [0.25, 0.3) is 6.08 Å². The van der Waals surface area contributed by atoms with Gasteiger partial charge in [-0.1, -0.05) is 53.8 Å². The van der Waals surface area contributed by atoms with Crippen LogP contribution in [0.3, 0.4) is 0 Å². The van der Waals surface area contributed by atoms with E-state index in [0.29, 0.717) is 10.3 Å². The maximum Gasteiger partial charge on any atom is 0.270 e. The second kappa shape index (κ2) is 9.09. The highest BCUT2D eigenvalue weighted by atomic mass is 32.1. The van der Waals surface area contributed by atoms with Gasteiger partial charge in [0.25, 0.3) is 11.5 Å². The number of rotatable bonds is 6. The smallest absolute Gasteiger partial charge is 0.270 e. The number of aromatic nitrogens is 1. The molecule has 0 bridgehead atoms. The number of amides is 1. The highest BCUT2D eigenvalue weighted by Crippen LogP contribution is 2.14. The van der Waals surface area contributed by atoms with Gasteiger partial charge in [0.1, 0.15) is 5.75 Å². The first-order valence-corrected chi connectivity index (χ1v) is 10.7. The minimum Gasteiger partial charge on any atom is -0.484 e. The summed E-state index contributed by atoms with van der Waals surface area (Å²) < 4.78 is 8.02. The Hall–Kier alpha value is -3.19. The lowest BCUT2D eigenvalue weighted by Gasteiger charge is -2.14. The first kappa shape index (κ1) is 20.1. The Labute approximate surface area is 178 Å². The molecule has 0 aliphatic carbocycles. The van der Waals surface area contributed by atoms with E-state index in [0.717, 1.165) is 35.4 Å². The summed E-state index contributed by atoms with van der Waals surface area (Å²) in [6, 6.07) is 17.1. The summed E-state index contributed by atoms with van der Waals surface area (Å²) >= 11 is 1.42. The van der Waals surface area contributed by atoms with Crippen LogP contribution in [0.4, 0.5) is 0 Å². The SMILES string of the molecule is CC(NC(=O)COc1ccc(C=c2sc3n(c2=O)CCCN=3)cc1)c1ccccc1. The molecule has 0 spiro atoms. The first-order chi connectivity index (χ1) is 14.6. The Morgan fingerprint density at radius 2 is 2.00 bits per heavy atom. The van der Waals surface area contributed by atoms with Gasteiger partial charge in [-0.3, -0.25) is 19.1 Å². The van der Waals surface area contributed by atoms with Crippen molar-refractivity contribution >= 4 is 23.3 Å². The number of nitrogens with one attached hydrogen (secondary N) is 1. The molecule has 2 aromatic carbocycles. The van der Waals surface area contributed by atoms with Crippen molar-refractivity contribution in [1.29, 1.82) is 0 Å². The zero-order valence-corrected chi connectivity index (χ0v) is 17.5. The van der Waals surface area contributed by atoms with Gasteiger partial charge in [-0.15, -0.1) is 0 Å². The third-order valence-electron chi connectivity index (χ3n) is 4.90. The number of nitrogens with zero attached hydrogens (tertiary/aromatic N) is 2. The van der Waals surface area contributed by atoms with Crippen LogP contribution in [0.15, 0.2) is 64.4 Å². The molecule has 1 aromatic heterocycles. The predicted octanol–water partition coefficient (Wildman–Crippen LogP) is 2.02. The third kappa shape index (κ3) is 4.68. The van der Waals surface area contributed by atoms with Crippen LogP contribution in [0, 0.1) is 0 Å². The molecule has 3 aromatic rings. The lowest BCUT2D eigenvalue weighted by molar-refractivity contribution is -0.123. The van der Waals surface area contributed by atoms with Crippen molar-refractivity contribution in [3.05, 3.63) is 85.4 Å². The number of fused-ring (bicyclic) bond motifs is 1. The van der Waals surface area contributed by atoms with E-state index < -0.39 is 0 Å². The van der Waals surface area contributed by atoms with Gasteiger partial charge in [0.05, 0.1) is 10.6 Å². The van der Waals surface area contributed by atoms with Crippen LogP contribution < -0.4 is 24.9 Å². The van der Waals surface area contributed by atoms with Gasteiger partial charge in [0.15, 0.2) is 11.4 Å². The second-order valence-corrected chi connectivity index (χ2v) is 8.15. The quantitative estimate of drug-likeness (QED) is 0.662. The van der Waals surface area contributed by atoms with E-state index in [-0.39, 0.29) is 24.1 Å². The van der Waals surface area contributed by atoms with E-state index in [4.69, 9.17) is 4.74 Å². The highest BCUT2D eigenvalue weighted by molar-refractivity contribution is 7.07. The molecule has 0 saturated heterocycles. The van der Waals surface area contributed by atoms with Crippen molar-refractivity contribution in [2.75, 3.05) is 13.2 Å². The summed E-state index contributed by atoms with van der Waals surface area (Å²) in [5.41, 5.74) is 1.97. The minimum absolute atomic E-state index is 0.0167. The van der Waals surface area contributed by atoms with Gasteiger partial charge in [0.2, 0.25) is 0 Å². The Morgan fingerprint density at radius 1 is 1.23 bits per heavy atom. The van der Waals surface area contributed by atoms with Gasteiger partial charge >= 0.3 is 0 Å². The summed E-state index contributed by atoms with van der Waals surface area (Å²) in [5, 5.41) is 2.93. The van der Waals surface area contributed by atoms with Crippen molar-refractivity contribution in [2.45, 2.75) is 25.9 Å². The van der Waals surface area contributed by atoms with Crippen molar-refractivity contribution in [3.8, 4) is 5.75 Å². The summed E-state index contributed by atoms with van der Waals surface area (Å²) in [6.07, 6.45) is 2.78. The number of thiazole rings is 1. The summed E-state index contributed by atoms with van der Waals surface area (Å²) in [7, 11) is 0. The predicted molar refractivity (Wildman–Crippen MR) is 117 cm³/mol. The van der Waals surface area contributed by atoms with Crippen LogP contribution in [0.1, 0.15) is 30.5 Å². The topological polar surface area (TPSA) is 72.7 Å². The van der Waals surface area contributed by atoms with Crippen LogP contribution >= 0.6 is 11.3 Å². The van der Waals surface area contributed by atoms with Gasteiger partial charge in [-0.05, 0) is 42.7 Å². The molecule has 6 nitrogen and oxygen atoms in total. The lowest BCUT2D eigenvalue weighted by Crippen LogP contribution is -2.33. The van der Waals surface area contributed by atoms with Gasteiger partial charge in [0, 0.05) is 13.1 Å². The van der Waals surface area contributed by atoms with E-state index in [1.807, 2.05) is 55.5 Å². The molecule has 1 N–H and O–H groups in total. The maximum atomic E-state index is 12.5. The Bertz CT molecular complexity index is 1200. The Morgan fingerprint density at radius 3 is 2.73 bits per heavy atom. The van der Waals surface area contributed by atoms with Crippen LogP contribution in [0.5, 0.6) is 5.75 Å². The van der Waals surface area contributed by atoms with Gasteiger partial charge < -0.3 is 10.1 Å². The van der Waals surface area contributed by atoms with E-state index in [1.54, 1.807) is 16.7 Å². The Balaban J connectivity index is 1.37. The van der Waals surface area contributed by atoms with Crippen LogP contribution in [0.2, 0.25) is 0 Å². The zero-order valence-electron chi connectivity index (χ0n) is 16.7. The van der Waals surface area contributed by atoms with Crippen LogP contribution in [-0.4, -0.2) is 23.6 Å². The largest absolute Gasteiger partial charge is 0.484 e. The molecule has 7 heteroatoms. The highest BCUT2D eigenvalue weighted by Gasteiger charge is 2.10. The second-order valence-electron chi connectivity index (χ2n) is 7.14. The van der Waals surface area contributed by atoms with E-state index >= 15 is 0 Å². The fourth-order valence-electron chi connectivity index (χ4n) is 3.30. The van der Waals surface area contributed by atoms with Crippen LogP contribution in [-0.2, 0) is 11.3 Å². The molecule has 0 radical (unpaired) electrons. The maximum absolute atomic E-state index is 12.5. The standard InChI is InChI=1S/C23H23N3O3S/c1-16(18-6-3-2-4-7-18)25-21(27)15-29-19-10-8-17(9-11-19)14-20-22(28)26-13-5-12-24-23(26)30-20/h2-4,6-11,14,16H,5,12-13,15H2,1H3,(H,25,27). The summed E-state index contributed by atoms with van der Waals surface area (Å²) in [4.78, 5) is 29.8. The lowest BCUT2D eigenvalue weighted by atomic mass is 10.1. The van der Waals surface area contributed by atoms with Gasteiger partial charge in [-0.2, -0.15) is 0 Å². The minimum atomic E-state index is -0.178. The number of hydrogen-bond donors (Lipinski definition) is 1. The van der Waals surface area contributed by atoms with Gasteiger partial charge in [-0.25, -0.2) is 0 Å². The first-order valence-electron chi connectivity index (χ1n) is 9.93. The number of carbonyl (C=O) groups is 1. The summed E-state index contributed by atoms with van der Waals surface area (Å²) in [6.45, 7) is 3.40. The fourth-order valence-corrected chi connectivity index (χ4v) is 4.32. The van der Waals surface area contributed by atoms with Crippen molar-refractivity contribution in [1.82, 2.24) is 9.88 Å². The molecular weight excluding hydrogens is 398 g/mol. The summed E-state index contributed by atoms with van der Waals surface area (Å²) in [5.74, 6) is 0.426. The molecule has 1 unspecified atom stereocenters. The molecule has 0 fully saturated rings.